The molecule has 16 heavy (non-hydrogen) atoms. The first-order valence-corrected chi connectivity index (χ1v) is 6.24. The molecule has 2 rings (SSSR count). The lowest BCUT2D eigenvalue weighted by Gasteiger charge is -2.23. The van der Waals surface area contributed by atoms with Gasteiger partial charge in [0.05, 0.1) is 6.26 Å². The standard InChI is InChI=1S/C13H21NO2/c1-11(13-6-4-9-16-13)15-10-7-12-5-2-3-8-14-12/h4,6,9,11-12,14H,2-3,5,7-8,10H2,1H3/t11-,12+/m1/s1. The Morgan fingerprint density at radius 2 is 2.50 bits per heavy atom. The summed E-state index contributed by atoms with van der Waals surface area (Å²) in [5.74, 6) is 0.914. The molecule has 3 heteroatoms. The lowest BCUT2D eigenvalue weighted by molar-refractivity contribution is 0.0433. The summed E-state index contributed by atoms with van der Waals surface area (Å²) >= 11 is 0. The highest BCUT2D eigenvalue weighted by atomic mass is 16.5. The van der Waals surface area contributed by atoms with Crippen LogP contribution < -0.4 is 5.32 Å². The molecule has 0 bridgehead atoms. The van der Waals surface area contributed by atoms with Gasteiger partial charge in [0.2, 0.25) is 0 Å². The third kappa shape index (κ3) is 3.35. The average Bonchev–Trinajstić information content (AvgIpc) is 2.84. The van der Waals surface area contributed by atoms with Gasteiger partial charge in [0.25, 0.3) is 0 Å². The van der Waals surface area contributed by atoms with Gasteiger partial charge in [-0.25, -0.2) is 0 Å². The molecule has 0 saturated carbocycles. The minimum atomic E-state index is 0.0681. The molecule has 2 atom stereocenters. The van der Waals surface area contributed by atoms with Gasteiger partial charge in [-0.15, -0.1) is 0 Å². The average molecular weight is 223 g/mol. The molecule has 2 heterocycles. The predicted octanol–water partition coefficient (Wildman–Crippen LogP) is 2.89. The first-order valence-electron chi connectivity index (χ1n) is 6.24. The third-order valence-corrected chi connectivity index (χ3v) is 3.19. The minimum absolute atomic E-state index is 0.0681. The lowest BCUT2D eigenvalue weighted by atomic mass is 10.0. The molecule has 1 aromatic heterocycles. The fourth-order valence-electron chi connectivity index (χ4n) is 2.16. The van der Waals surface area contributed by atoms with Gasteiger partial charge in [-0.05, 0) is 44.9 Å². The van der Waals surface area contributed by atoms with Crippen molar-refractivity contribution in [1.29, 1.82) is 0 Å². The summed E-state index contributed by atoms with van der Waals surface area (Å²) in [6.07, 6.45) is 6.83. The van der Waals surface area contributed by atoms with E-state index in [1.807, 2.05) is 19.1 Å². The number of ether oxygens (including phenoxy) is 1. The molecule has 1 aromatic rings. The van der Waals surface area contributed by atoms with Crippen molar-refractivity contribution in [2.45, 2.75) is 44.8 Å². The Bertz CT molecular complexity index is 278. The maximum absolute atomic E-state index is 5.76. The van der Waals surface area contributed by atoms with Gasteiger partial charge in [-0.1, -0.05) is 6.42 Å². The van der Waals surface area contributed by atoms with Gasteiger partial charge in [0.1, 0.15) is 11.9 Å². The fourth-order valence-corrected chi connectivity index (χ4v) is 2.16. The SMILES string of the molecule is C[C@@H](OCC[C@@H]1CCCCN1)c1ccco1. The summed E-state index contributed by atoms with van der Waals surface area (Å²) in [6.45, 7) is 4.01. The van der Waals surface area contributed by atoms with E-state index in [1.54, 1.807) is 6.26 Å². The molecule has 1 fully saturated rings. The van der Waals surface area contributed by atoms with E-state index in [0.717, 1.165) is 18.8 Å². The molecule has 0 amide bonds. The van der Waals surface area contributed by atoms with Crippen LogP contribution in [0.2, 0.25) is 0 Å². The molecule has 1 aliphatic rings. The van der Waals surface area contributed by atoms with Crippen LogP contribution in [0.25, 0.3) is 0 Å². The van der Waals surface area contributed by atoms with E-state index >= 15 is 0 Å². The normalized spacial score (nSPS) is 23.2. The number of piperidine rings is 1. The Labute approximate surface area is 97.2 Å². The lowest BCUT2D eigenvalue weighted by Crippen LogP contribution is -2.34. The molecule has 1 aliphatic heterocycles. The maximum atomic E-state index is 5.76. The second kappa shape index (κ2) is 6.06. The van der Waals surface area contributed by atoms with Crippen LogP contribution in [0, 0.1) is 0 Å². The Hall–Kier alpha value is -0.800. The van der Waals surface area contributed by atoms with E-state index in [0.29, 0.717) is 6.04 Å². The first-order chi connectivity index (χ1) is 7.86. The highest BCUT2D eigenvalue weighted by molar-refractivity contribution is 5.00. The summed E-state index contributed by atoms with van der Waals surface area (Å²) in [4.78, 5) is 0. The second-order valence-corrected chi connectivity index (χ2v) is 4.46. The minimum Gasteiger partial charge on any atom is -0.467 e. The van der Waals surface area contributed by atoms with Crippen LogP contribution >= 0.6 is 0 Å². The van der Waals surface area contributed by atoms with Crippen LogP contribution in [0.3, 0.4) is 0 Å². The van der Waals surface area contributed by atoms with Crippen LogP contribution in [0.4, 0.5) is 0 Å². The van der Waals surface area contributed by atoms with Crippen molar-refractivity contribution < 1.29 is 9.15 Å². The largest absolute Gasteiger partial charge is 0.467 e. The number of nitrogens with one attached hydrogen (secondary N) is 1. The molecule has 0 spiro atoms. The van der Waals surface area contributed by atoms with Gasteiger partial charge < -0.3 is 14.5 Å². The Morgan fingerprint density at radius 3 is 3.19 bits per heavy atom. The van der Waals surface area contributed by atoms with Crippen molar-refractivity contribution >= 4 is 0 Å². The van der Waals surface area contributed by atoms with Crippen LogP contribution in [0.5, 0.6) is 0 Å². The highest BCUT2D eigenvalue weighted by Crippen LogP contribution is 2.18. The van der Waals surface area contributed by atoms with Gasteiger partial charge in [-0.3, -0.25) is 0 Å². The number of rotatable bonds is 5. The Kier molecular flexibility index (Phi) is 4.43. The Balaban J connectivity index is 1.63. The monoisotopic (exact) mass is 223 g/mol. The molecular weight excluding hydrogens is 202 g/mol. The number of hydrogen-bond acceptors (Lipinski definition) is 3. The summed E-state index contributed by atoms with van der Waals surface area (Å²) in [6, 6.07) is 4.51. The van der Waals surface area contributed by atoms with Crippen molar-refractivity contribution in [2.75, 3.05) is 13.2 Å². The molecule has 0 aromatic carbocycles. The second-order valence-electron chi connectivity index (χ2n) is 4.46. The first kappa shape index (κ1) is 11.7. The number of hydrogen-bond donors (Lipinski definition) is 1. The maximum Gasteiger partial charge on any atom is 0.132 e. The number of furan rings is 1. The molecule has 0 aliphatic carbocycles. The van der Waals surface area contributed by atoms with Crippen molar-refractivity contribution in [1.82, 2.24) is 5.32 Å². The van der Waals surface area contributed by atoms with Crippen molar-refractivity contribution in [3.63, 3.8) is 0 Å². The predicted molar refractivity (Wildman–Crippen MR) is 63.3 cm³/mol. The fraction of sp³-hybridized carbons (Fsp3) is 0.692. The summed E-state index contributed by atoms with van der Waals surface area (Å²) in [5, 5.41) is 3.52. The summed E-state index contributed by atoms with van der Waals surface area (Å²) in [5.41, 5.74) is 0. The molecule has 3 nitrogen and oxygen atoms in total. The summed E-state index contributed by atoms with van der Waals surface area (Å²) < 4.78 is 11.1. The third-order valence-electron chi connectivity index (χ3n) is 3.19. The van der Waals surface area contributed by atoms with Crippen LogP contribution in [-0.4, -0.2) is 19.2 Å². The van der Waals surface area contributed by atoms with E-state index in [-0.39, 0.29) is 6.10 Å². The Morgan fingerprint density at radius 1 is 1.56 bits per heavy atom. The van der Waals surface area contributed by atoms with Crippen molar-refractivity contribution in [3.8, 4) is 0 Å². The van der Waals surface area contributed by atoms with Crippen molar-refractivity contribution in [3.05, 3.63) is 24.2 Å². The van der Waals surface area contributed by atoms with Gasteiger partial charge in [-0.2, -0.15) is 0 Å². The van der Waals surface area contributed by atoms with E-state index in [4.69, 9.17) is 9.15 Å². The zero-order valence-corrected chi connectivity index (χ0v) is 9.95. The van der Waals surface area contributed by atoms with Gasteiger partial charge in [0.15, 0.2) is 0 Å². The molecule has 1 saturated heterocycles. The van der Waals surface area contributed by atoms with E-state index in [2.05, 4.69) is 5.32 Å². The topological polar surface area (TPSA) is 34.4 Å². The summed E-state index contributed by atoms with van der Waals surface area (Å²) in [7, 11) is 0. The van der Waals surface area contributed by atoms with E-state index in [9.17, 15) is 0 Å². The highest BCUT2D eigenvalue weighted by Gasteiger charge is 2.13. The molecular formula is C13H21NO2. The quantitative estimate of drug-likeness (QED) is 0.833. The van der Waals surface area contributed by atoms with Gasteiger partial charge in [0, 0.05) is 12.6 Å². The van der Waals surface area contributed by atoms with Crippen molar-refractivity contribution in [2.24, 2.45) is 0 Å². The van der Waals surface area contributed by atoms with E-state index in [1.165, 1.54) is 25.8 Å². The molecule has 0 unspecified atom stereocenters. The van der Waals surface area contributed by atoms with Crippen LogP contribution in [0.1, 0.15) is 44.5 Å². The molecule has 0 radical (unpaired) electrons. The zero-order valence-electron chi connectivity index (χ0n) is 9.95. The van der Waals surface area contributed by atoms with Crippen LogP contribution in [0.15, 0.2) is 22.8 Å². The van der Waals surface area contributed by atoms with Crippen LogP contribution in [-0.2, 0) is 4.74 Å². The molecule has 1 N–H and O–H groups in total. The molecule has 90 valence electrons. The van der Waals surface area contributed by atoms with Gasteiger partial charge >= 0.3 is 0 Å². The smallest absolute Gasteiger partial charge is 0.132 e. The zero-order chi connectivity index (χ0) is 11.2. The van der Waals surface area contributed by atoms with E-state index < -0.39 is 0 Å².